The van der Waals surface area contributed by atoms with E-state index in [4.69, 9.17) is 5.11 Å². The van der Waals surface area contributed by atoms with Crippen LogP contribution in [0.3, 0.4) is 0 Å². The number of benzene rings is 1. The number of hydrogen-bond donors (Lipinski definition) is 1. The van der Waals surface area contributed by atoms with E-state index in [1.165, 1.54) is 11.8 Å². The van der Waals surface area contributed by atoms with Crippen molar-refractivity contribution in [2.75, 3.05) is 13.1 Å². The fourth-order valence-electron chi connectivity index (χ4n) is 2.67. The number of carbonyl (C=O) groups excluding carboxylic acids is 1. The lowest BCUT2D eigenvalue weighted by Crippen LogP contribution is -2.42. The summed E-state index contributed by atoms with van der Waals surface area (Å²) in [5.41, 5.74) is -0.725. The number of carboxylic acid groups (broad SMARTS) is 1. The number of piperidine rings is 1. The van der Waals surface area contributed by atoms with Crippen LogP contribution in [-0.2, 0) is 4.79 Å². The topological polar surface area (TPSA) is 101 Å². The smallest absolute Gasteiger partial charge is 0.308 e. The van der Waals surface area contributed by atoms with Gasteiger partial charge in [0.1, 0.15) is 11.4 Å². The molecule has 0 radical (unpaired) electrons. The minimum atomic E-state index is -1.01. The van der Waals surface area contributed by atoms with Crippen molar-refractivity contribution in [1.29, 1.82) is 0 Å². The lowest BCUT2D eigenvalue weighted by atomic mass is 9.97. The number of likely N-dealkylation sites (tertiary alicyclic amines) is 1. The number of aliphatic carboxylic acids is 1. The van der Waals surface area contributed by atoms with E-state index in [0.717, 1.165) is 12.1 Å². The van der Waals surface area contributed by atoms with Crippen molar-refractivity contribution in [1.82, 2.24) is 4.90 Å². The molecule has 22 heavy (non-hydrogen) atoms. The molecule has 1 N–H and O–H groups in total. The van der Waals surface area contributed by atoms with Crippen LogP contribution in [-0.4, -0.2) is 39.9 Å². The Morgan fingerprint density at radius 3 is 2.73 bits per heavy atom. The van der Waals surface area contributed by atoms with Gasteiger partial charge in [0.2, 0.25) is 0 Å². The van der Waals surface area contributed by atoms with Crippen molar-refractivity contribution in [3.8, 4) is 0 Å². The zero-order valence-electron chi connectivity index (χ0n) is 11.9. The maximum Gasteiger partial charge on any atom is 0.308 e. The first-order valence-corrected chi connectivity index (χ1v) is 6.78. The molecule has 1 aromatic carbocycles. The quantitative estimate of drug-likeness (QED) is 0.679. The molecule has 0 bridgehead atoms. The molecule has 8 heteroatoms. The van der Waals surface area contributed by atoms with Crippen molar-refractivity contribution >= 4 is 17.6 Å². The van der Waals surface area contributed by atoms with E-state index in [1.807, 2.05) is 0 Å². The lowest BCUT2D eigenvalue weighted by Gasteiger charge is -2.30. The van der Waals surface area contributed by atoms with Gasteiger partial charge in [-0.05, 0) is 31.9 Å². The van der Waals surface area contributed by atoms with Crippen LogP contribution in [0.25, 0.3) is 0 Å². The number of nitrogens with zero attached hydrogens (tertiary/aromatic N) is 2. The van der Waals surface area contributed by atoms with Crippen LogP contribution < -0.4 is 0 Å². The highest BCUT2D eigenvalue weighted by atomic mass is 19.1. The van der Waals surface area contributed by atoms with Crippen LogP contribution in [0.15, 0.2) is 12.1 Å². The van der Waals surface area contributed by atoms with E-state index in [1.54, 1.807) is 0 Å². The Balaban J connectivity index is 2.37. The Bertz CT molecular complexity index is 646. The van der Waals surface area contributed by atoms with Gasteiger partial charge in [-0.3, -0.25) is 19.7 Å². The number of hydrogen-bond acceptors (Lipinski definition) is 4. The SMILES string of the molecule is Cc1cc(F)cc(C(=O)N2CCC[C@H](C(=O)O)C2)c1[N+](=O)[O-]. The molecule has 0 unspecified atom stereocenters. The minimum absolute atomic E-state index is 0.0269. The third kappa shape index (κ3) is 3.05. The van der Waals surface area contributed by atoms with E-state index in [-0.39, 0.29) is 17.7 Å². The first kappa shape index (κ1) is 15.9. The molecule has 1 aromatic rings. The Morgan fingerprint density at radius 1 is 1.45 bits per heavy atom. The number of nitro benzene ring substituents is 1. The summed E-state index contributed by atoms with van der Waals surface area (Å²) in [5.74, 6) is -3.16. The molecule has 1 heterocycles. The summed E-state index contributed by atoms with van der Waals surface area (Å²) >= 11 is 0. The maximum absolute atomic E-state index is 13.5. The molecule has 2 rings (SSSR count). The molecular weight excluding hydrogens is 295 g/mol. The average molecular weight is 310 g/mol. The molecule has 1 saturated heterocycles. The predicted molar refractivity (Wildman–Crippen MR) is 74.1 cm³/mol. The van der Waals surface area contributed by atoms with Gasteiger partial charge in [-0.1, -0.05) is 0 Å². The summed E-state index contributed by atoms with van der Waals surface area (Å²) in [6, 6.07) is 1.82. The third-order valence-electron chi connectivity index (χ3n) is 3.74. The van der Waals surface area contributed by atoms with Crippen LogP contribution in [0, 0.1) is 28.8 Å². The second-order valence-corrected chi connectivity index (χ2v) is 5.30. The normalized spacial score (nSPS) is 18.1. The minimum Gasteiger partial charge on any atom is -0.481 e. The Labute approximate surface area is 125 Å². The van der Waals surface area contributed by atoms with Gasteiger partial charge < -0.3 is 10.0 Å². The molecule has 1 atom stereocenters. The summed E-state index contributed by atoms with van der Waals surface area (Å²) in [6.07, 6.45) is 0.939. The second kappa shape index (κ2) is 6.08. The van der Waals surface area contributed by atoms with Gasteiger partial charge in [0, 0.05) is 18.7 Å². The monoisotopic (exact) mass is 310 g/mol. The van der Waals surface area contributed by atoms with E-state index in [9.17, 15) is 24.1 Å². The van der Waals surface area contributed by atoms with Crippen LogP contribution in [0.5, 0.6) is 0 Å². The highest BCUT2D eigenvalue weighted by Gasteiger charge is 2.32. The summed E-state index contributed by atoms with van der Waals surface area (Å²) < 4.78 is 13.5. The number of halogens is 1. The van der Waals surface area contributed by atoms with Gasteiger partial charge in [0.25, 0.3) is 11.6 Å². The molecule has 0 aliphatic carbocycles. The molecule has 1 aliphatic heterocycles. The number of aryl methyl sites for hydroxylation is 1. The van der Waals surface area contributed by atoms with Crippen LogP contribution in [0.4, 0.5) is 10.1 Å². The van der Waals surface area contributed by atoms with Gasteiger partial charge >= 0.3 is 5.97 Å². The molecule has 1 fully saturated rings. The number of amides is 1. The first-order valence-electron chi connectivity index (χ1n) is 6.78. The predicted octanol–water partition coefficient (Wildman–Crippen LogP) is 1.98. The summed E-state index contributed by atoms with van der Waals surface area (Å²) in [7, 11) is 0. The molecular formula is C14H15FN2O5. The van der Waals surface area contributed by atoms with Crippen LogP contribution >= 0.6 is 0 Å². The number of nitro groups is 1. The highest BCUT2D eigenvalue weighted by Crippen LogP contribution is 2.27. The Kier molecular flexibility index (Phi) is 4.39. The van der Waals surface area contributed by atoms with E-state index in [0.29, 0.717) is 19.4 Å². The van der Waals surface area contributed by atoms with Gasteiger partial charge in [0.05, 0.1) is 10.8 Å². The van der Waals surface area contributed by atoms with Gasteiger partial charge in [-0.15, -0.1) is 0 Å². The fraction of sp³-hybridized carbons (Fsp3) is 0.429. The van der Waals surface area contributed by atoms with Crippen molar-refractivity contribution in [3.63, 3.8) is 0 Å². The van der Waals surface area contributed by atoms with E-state index >= 15 is 0 Å². The Morgan fingerprint density at radius 2 is 2.14 bits per heavy atom. The van der Waals surface area contributed by atoms with Gasteiger partial charge in [-0.2, -0.15) is 0 Å². The standard InChI is InChI=1S/C14H15FN2O5/c1-8-5-10(15)6-11(12(8)17(21)22)13(18)16-4-2-3-9(7-16)14(19)20/h5-6,9H,2-4,7H2,1H3,(H,19,20)/t9-/m0/s1. The first-order chi connectivity index (χ1) is 10.3. The van der Waals surface area contributed by atoms with Gasteiger partial charge in [-0.25, -0.2) is 4.39 Å². The van der Waals surface area contributed by atoms with Crippen LogP contribution in [0.1, 0.15) is 28.8 Å². The lowest BCUT2D eigenvalue weighted by molar-refractivity contribution is -0.385. The number of carboxylic acids is 1. The summed E-state index contributed by atoms with van der Waals surface area (Å²) in [5, 5.41) is 20.2. The number of carbonyl (C=O) groups is 2. The van der Waals surface area contributed by atoms with Crippen molar-refractivity contribution in [2.24, 2.45) is 5.92 Å². The zero-order valence-corrected chi connectivity index (χ0v) is 11.9. The van der Waals surface area contributed by atoms with E-state index in [2.05, 4.69) is 0 Å². The average Bonchev–Trinajstić information content (AvgIpc) is 2.45. The molecule has 118 valence electrons. The number of rotatable bonds is 3. The van der Waals surface area contributed by atoms with Crippen molar-refractivity contribution in [2.45, 2.75) is 19.8 Å². The highest BCUT2D eigenvalue weighted by molar-refractivity contribution is 5.99. The Hall–Kier alpha value is -2.51. The van der Waals surface area contributed by atoms with Crippen molar-refractivity contribution < 1.29 is 24.0 Å². The van der Waals surface area contributed by atoms with Gasteiger partial charge in [0.15, 0.2) is 0 Å². The molecule has 0 spiro atoms. The van der Waals surface area contributed by atoms with Crippen molar-refractivity contribution in [3.05, 3.63) is 39.2 Å². The molecule has 1 amide bonds. The second-order valence-electron chi connectivity index (χ2n) is 5.30. The largest absolute Gasteiger partial charge is 0.481 e. The molecule has 0 aromatic heterocycles. The molecule has 0 saturated carbocycles. The van der Waals surface area contributed by atoms with E-state index < -0.39 is 34.2 Å². The fourth-order valence-corrected chi connectivity index (χ4v) is 2.67. The third-order valence-corrected chi connectivity index (χ3v) is 3.74. The van der Waals surface area contributed by atoms with Crippen LogP contribution in [0.2, 0.25) is 0 Å². The zero-order chi connectivity index (χ0) is 16.4. The summed E-state index contributed by atoms with van der Waals surface area (Å²) in [6.45, 7) is 1.63. The maximum atomic E-state index is 13.5. The molecule has 7 nitrogen and oxygen atoms in total. The molecule has 1 aliphatic rings. The summed E-state index contributed by atoms with van der Waals surface area (Å²) in [4.78, 5) is 35.1.